The first-order chi connectivity index (χ1) is 9.89. The number of rotatable bonds is 4. The van der Waals surface area contributed by atoms with E-state index in [1.165, 1.54) is 13.2 Å². The molecule has 1 aliphatic rings. The molecule has 1 aromatic rings. The van der Waals surface area contributed by atoms with Crippen molar-refractivity contribution in [1.82, 2.24) is 5.32 Å². The van der Waals surface area contributed by atoms with Gasteiger partial charge in [0.15, 0.2) is 5.54 Å². The zero-order valence-corrected chi connectivity index (χ0v) is 14.0. The lowest BCUT2D eigenvalue weighted by atomic mass is 9.98. The molecule has 0 aromatic heterocycles. The minimum atomic E-state index is -1.41. The van der Waals surface area contributed by atoms with Crippen molar-refractivity contribution in [1.29, 1.82) is 0 Å². The molecular weight excluding hydrogens is 413 g/mol. The number of benzene rings is 1. The largest absolute Gasteiger partial charge is 0.496 e. The molecule has 1 atom stereocenters. The SMILES string of the molecule is COc1cc(I)c(Cl)cc1C(=O)NC1(C(=O)O)CCOC1. The number of halogens is 2. The Morgan fingerprint density at radius 1 is 1.52 bits per heavy atom. The normalized spacial score (nSPS) is 21.1. The third-order valence-electron chi connectivity index (χ3n) is 3.27. The zero-order valence-electron chi connectivity index (χ0n) is 11.1. The predicted octanol–water partition coefficient (Wildman–Crippen LogP) is 1.93. The summed E-state index contributed by atoms with van der Waals surface area (Å²) in [5.41, 5.74) is -1.21. The minimum Gasteiger partial charge on any atom is -0.496 e. The lowest BCUT2D eigenvalue weighted by Gasteiger charge is -2.24. The Hall–Kier alpha value is -1.06. The van der Waals surface area contributed by atoms with Crippen molar-refractivity contribution in [3.05, 3.63) is 26.3 Å². The number of carboxylic acids is 1. The highest BCUT2D eigenvalue weighted by molar-refractivity contribution is 14.1. The van der Waals surface area contributed by atoms with Crippen LogP contribution in [-0.2, 0) is 9.53 Å². The predicted molar refractivity (Wildman–Crippen MR) is 84.0 cm³/mol. The van der Waals surface area contributed by atoms with Gasteiger partial charge in [-0.1, -0.05) is 11.6 Å². The van der Waals surface area contributed by atoms with Gasteiger partial charge in [0, 0.05) is 16.6 Å². The average molecular weight is 426 g/mol. The highest BCUT2D eigenvalue weighted by Gasteiger charge is 2.44. The van der Waals surface area contributed by atoms with E-state index in [1.807, 2.05) is 22.6 Å². The minimum absolute atomic E-state index is 0.0610. The van der Waals surface area contributed by atoms with Crippen LogP contribution in [0.2, 0.25) is 5.02 Å². The fraction of sp³-hybridized carbons (Fsp3) is 0.385. The van der Waals surface area contributed by atoms with Gasteiger partial charge >= 0.3 is 5.97 Å². The highest BCUT2D eigenvalue weighted by atomic mass is 127. The third-order valence-corrected chi connectivity index (χ3v) is 4.79. The van der Waals surface area contributed by atoms with Gasteiger partial charge in [-0.3, -0.25) is 4.79 Å². The Labute approximate surface area is 139 Å². The van der Waals surface area contributed by atoms with E-state index < -0.39 is 17.4 Å². The number of carbonyl (C=O) groups excluding carboxylic acids is 1. The van der Waals surface area contributed by atoms with Crippen molar-refractivity contribution in [3.63, 3.8) is 0 Å². The van der Waals surface area contributed by atoms with Crippen molar-refractivity contribution < 1.29 is 24.2 Å². The number of carbonyl (C=O) groups is 2. The molecule has 21 heavy (non-hydrogen) atoms. The number of hydrogen-bond donors (Lipinski definition) is 2. The number of methoxy groups -OCH3 is 1. The van der Waals surface area contributed by atoms with E-state index in [9.17, 15) is 14.7 Å². The first-order valence-corrected chi connectivity index (χ1v) is 7.52. The summed E-state index contributed by atoms with van der Waals surface area (Å²) in [5, 5.41) is 12.3. The summed E-state index contributed by atoms with van der Waals surface area (Å²) in [4.78, 5) is 23.8. The second kappa shape index (κ2) is 6.37. The van der Waals surface area contributed by atoms with Crippen LogP contribution in [0.25, 0.3) is 0 Å². The molecule has 1 heterocycles. The van der Waals surface area contributed by atoms with Crippen LogP contribution in [0.1, 0.15) is 16.8 Å². The van der Waals surface area contributed by atoms with E-state index in [4.69, 9.17) is 21.1 Å². The molecule has 0 saturated carbocycles. The molecule has 2 rings (SSSR count). The van der Waals surface area contributed by atoms with Gasteiger partial charge in [-0.05, 0) is 34.7 Å². The Balaban J connectivity index is 2.32. The standard InChI is InChI=1S/C13H13ClINO5/c1-20-10-5-9(15)8(14)4-7(10)11(17)16-13(12(18)19)2-3-21-6-13/h4-5H,2-3,6H2,1H3,(H,16,17)(H,18,19). The summed E-state index contributed by atoms with van der Waals surface area (Å²) < 4.78 is 11.0. The van der Waals surface area contributed by atoms with Gasteiger partial charge in [0.05, 0.1) is 24.3 Å². The molecule has 0 spiro atoms. The molecule has 0 aliphatic carbocycles. The van der Waals surface area contributed by atoms with Crippen LogP contribution in [-0.4, -0.2) is 42.8 Å². The van der Waals surface area contributed by atoms with Gasteiger partial charge in [-0.25, -0.2) is 4.79 Å². The van der Waals surface area contributed by atoms with E-state index in [2.05, 4.69) is 5.32 Å². The molecule has 8 heteroatoms. The van der Waals surface area contributed by atoms with E-state index in [1.54, 1.807) is 6.07 Å². The smallest absolute Gasteiger partial charge is 0.331 e. The van der Waals surface area contributed by atoms with Crippen LogP contribution < -0.4 is 10.1 Å². The topological polar surface area (TPSA) is 84.9 Å². The monoisotopic (exact) mass is 425 g/mol. The fourth-order valence-electron chi connectivity index (χ4n) is 2.05. The zero-order chi connectivity index (χ0) is 15.6. The van der Waals surface area contributed by atoms with Gasteiger partial charge in [0.25, 0.3) is 5.91 Å². The Bertz CT molecular complexity index is 586. The Kier molecular flexibility index (Phi) is 4.95. The summed E-state index contributed by atoms with van der Waals surface area (Å²) in [6.45, 7) is 0.228. The quantitative estimate of drug-likeness (QED) is 0.720. The maximum atomic E-state index is 12.4. The summed E-state index contributed by atoms with van der Waals surface area (Å²) in [6.07, 6.45) is 0.217. The molecule has 1 aliphatic heterocycles. The maximum Gasteiger partial charge on any atom is 0.331 e. The number of nitrogens with one attached hydrogen (secondary N) is 1. The first-order valence-electron chi connectivity index (χ1n) is 6.06. The van der Waals surface area contributed by atoms with Crippen LogP contribution in [0.5, 0.6) is 5.75 Å². The summed E-state index contributed by atoms with van der Waals surface area (Å²) in [6, 6.07) is 3.08. The van der Waals surface area contributed by atoms with Crippen LogP contribution in [0.4, 0.5) is 0 Å². The second-order valence-electron chi connectivity index (χ2n) is 4.61. The van der Waals surface area contributed by atoms with Gasteiger partial charge in [-0.15, -0.1) is 0 Å². The molecule has 1 saturated heterocycles. The van der Waals surface area contributed by atoms with Crippen LogP contribution >= 0.6 is 34.2 Å². The maximum absolute atomic E-state index is 12.4. The van der Waals surface area contributed by atoms with Crippen molar-refractivity contribution in [2.24, 2.45) is 0 Å². The molecule has 1 aromatic carbocycles. The van der Waals surface area contributed by atoms with Crippen molar-refractivity contribution >= 4 is 46.1 Å². The number of aliphatic carboxylic acids is 1. The fourth-order valence-corrected chi connectivity index (χ4v) is 2.65. The lowest BCUT2D eigenvalue weighted by molar-refractivity contribution is -0.144. The average Bonchev–Trinajstić information content (AvgIpc) is 2.91. The first kappa shape index (κ1) is 16.3. The molecule has 0 radical (unpaired) electrons. The Morgan fingerprint density at radius 3 is 2.76 bits per heavy atom. The number of carboxylic acid groups (broad SMARTS) is 1. The molecule has 1 amide bonds. The summed E-state index contributed by atoms with van der Waals surface area (Å²) in [5.74, 6) is -1.34. The van der Waals surface area contributed by atoms with Gasteiger partial charge in [0.2, 0.25) is 0 Å². The van der Waals surface area contributed by atoms with Crippen molar-refractivity contribution in [2.45, 2.75) is 12.0 Å². The van der Waals surface area contributed by atoms with Crippen LogP contribution in [0.15, 0.2) is 12.1 Å². The Morgan fingerprint density at radius 2 is 2.24 bits per heavy atom. The van der Waals surface area contributed by atoms with Gasteiger partial charge in [-0.2, -0.15) is 0 Å². The van der Waals surface area contributed by atoms with E-state index >= 15 is 0 Å². The second-order valence-corrected chi connectivity index (χ2v) is 6.18. The molecular formula is C13H13ClINO5. The van der Waals surface area contributed by atoms with E-state index in [-0.39, 0.29) is 25.2 Å². The molecule has 1 fully saturated rings. The van der Waals surface area contributed by atoms with Gasteiger partial charge in [0.1, 0.15) is 5.75 Å². The van der Waals surface area contributed by atoms with Crippen LogP contribution in [0.3, 0.4) is 0 Å². The van der Waals surface area contributed by atoms with Crippen LogP contribution in [0, 0.1) is 3.57 Å². The van der Waals surface area contributed by atoms with E-state index in [0.717, 1.165) is 3.57 Å². The highest BCUT2D eigenvalue weighted by Crippen LogP contribution is 2.29. The van der Waals surface area contributed by atoms with Crippen molar-refractivity contribution in [3.8, 4) is 5.75 Å². The lowest BCUT2D eigenvalue weighted by Crippen LogP contribution is -2.55. The number of ether oxygens (including phenoxy) is 2. The number of amides is 1. The number of hydrogen-bond acceptors (Lipinski definition) is 4. The molecule has 114 valence electrons. The molecule has 2 N–H and O–H groups in total. The van der Waals surface area contributed by atoms with Gasteiger partial charge < -0.3 is 19.9 Å². The summed E-state index contributed by atoms with van der Waals surface area (Å²) in [7, 11) is 1.43. The van der Waals surface area contributed by atoms with Crippen molar-refractivity contribution in [2.75, 3.05) is 20.3 Å². The summed E-state index contributed by atoms with van der Waals surface area (Å²) >= 11 is 8.04. The van der Waals surface area contributed by atoms with E-state index in [0.29, 0.717) is 10.8 Å². The molecule has 1 unspecified atom stereocenters. The molecule has 6 nitrogen and oxygen atoms in total. The third kappa shape index (κ3) is 3.24. The molecule has 0 bridgehead atoms.